The van der Waals surface area contributed by atoms with Crippen LogP contribution in [-0.2, 0) is 13.5 Å². The van der Waals surface area contributed by atoms with Crippen LogP contribution in [0.3, 0.4) is 0 Å². The van der Waals surface area contributed by atoms with Gasteiger partial charge in [-0.05, 0) is 45.7 Å². The van der Waals surface area contributed by atoms with Gasteiger partial charge in [0.25, 0.3) is 0 Å². The van der Waals surface area contributed by atoms with Gasteiger partial charge in [-0.25, -0.2) is 4.98 Å². The zero-order valence-electron chi connectivity index (χ0n) is 13.5. The second-order valence-electron chi connectivity index (χ2n) is 6.44. The number of nitrogens with one attached hydrogen (secondary N) is 2. The van der Waals surface area contributed by atoms with E-state index in [4.69, 9.17) is 0 Å². The summed E-state index contributed by atoms with van der Waals surface area (Å²) in [4.78, 5) is 4.46. The molecular weight excluding hydrogens is 262 g/mol. The van der Waals surface area contributed by atoms with E-state index in [1.165, 1.54) is 5.56 Å². The molecule has 0 amide bonds. The van der Waals surface area contributed by atoms with E-state index in [0.29, 0.717) is 6.04 Å². The summed E-state index contributed by atoms with van der Waals surface area (Å²) in [6, 6.07) is 4.56. The quantitative estimate of drug-likeness (QED) is 0.857. The number of hydrogen-bond donors (Lipinski definition) is 2. The Hall–Kier alpha value is -2.04. The zero-order valence-corrected chi connectivity index (χ0v) is 13.5. The van der Waals surface area contributed by atoms with Gasteiger partial charge in [0, 0.05) is 31.0 Å². The van der Waals surface area contributed by atoms with Crippen molar-refractivity contribution in [2.24, 2.45) is 7.05 Å². The minimum atomic E-state index is -0.0578. The van der Waals surface area contributed by atoms with Crippen LogP contribution in [0.1, 0.15) is 33.3 Å². The average Bonchev–Trinajstić information content (AvgIpc) is 2.75. The number of aromatic nitrogens is 3. The van der Waals surface area contributed by atoms with Gasteiger partial charge < -0.3 is 10.6 Å². The van der Waals surface area contributed by atoms with Crippen molar-refractivity contribution in [3.8, 4) is 0 Å². The van der Waals surface area contributed by atoms with Crippen molar-refractivity contribution in [3.63, 3.8) is 0 Å². The number of pyridine rings is 1. The molecule has 0 bridgehead atoms. The molecule has 2 N–H and O–H groups in total. The van der Waals surface area contributed by atoms with E-state index in [1.54, 1.807) is 4.68 Å². The molecule has 0 fully saturated rings. The maximum atomic E-state index is 4.46. The molecule has 0 aromatic carbocycles. The van der Waals surface area contributed by atoms with Gasteiger partial charge in [-0.15, -0.1) is 0 Å². The van der Waals surface area contributed by atoms with Crippen LogP contribution in [0.15, 0.2) is 30.7 Å². The molecule has 2 heterocycles. The van der Waals surface area contributed by atoms with Crippen LogP contribution in [0.25, 0.3) is 0 Å². The third-order valence-electron chi connectivity index (χ3n) is 3.09. The summed E-state index contributed by atoms with van der Waals surface area (Å²) in [6.45, 7) is 8.58. The second kappa shape index (κ2) is 6.16. The Labute approximate surface area is 126 Å². The van der Waals surface area contributed by atoms with Gasteiger partial charge in [0.1, 0.15) is 5.82 Å². The largest absolute Gasteiger partial charge is 0.377 e. The van der Waals surface area contributed by atoms with Crippen molar-refractivity contribution in [1.82, 2.24) is 14.8 Å². The zero-order chi connectivity index (χ0) is 15.5. The van der Waals surface area contributed by atoms with E-state index in [1.807, 2.05) is 31.7 Å². The predicted octanol–water partition coefficient (Wildman–Crippen LogP) is 3.07. The van der Waals surface area contributed by atoms with Gasteiger partial charge >= 0.3 is 0 Å². The van der Waals surface area contributed by atoms with E-state index in [9.17, 15) is 0 Å². The predicted molar refractivity (Wildman–Crippen MR) is 87.6 cm³/mol. The second-order valence-corrected chi connectivity index (χ2v) is 6.44. The highest BCUT2D eigenvalue weighted by Crippen LogP contribution is 2.19. The molecule has 2 aromatic heterocycles. The highest BCUT2D eigenvalue weighted by Gasteiger charge is 2.19. The standard InChI is InChI=1S/C16H25N5/c1-12(2)19-15-7-6-13(9-17-15)8-16(3,4)20-14-10-18-21(5)11-14/h6-7,9-12,20H,8H2,1-5H3,(H,17,19). The van der Waals surface area contributed by atoms with Crippen LogP contribution in [0, 0.1) is 0 Å². The van der Waals surface area contributed by atoms with E-state index in [0.717, 1.165) is 17.9 Å². The minimum Gasteiger partial charge on any atom is -0.377 e. The molecule has 5 nitrogen and oxygen atoms in total. The highest BCUT2D eigenvalue weighted by molar-refractivity contribution is 5.42. The van der Waals surface area contributed by atoms with Crippen molar-refractivity contribution in [1.29, 1.82) is 0 Å². The maximum absolute atomic E-state index is 4.46. The molecule has 0 unspecified atom stereocenters. The summed E-state index contributed by atoms with van der Waals surface area (Å²) in [5.41, 5.74) is 2.19. The topological polar surface area (TPSA) is 54.8 Å². The number of aryl methyl sites for hydroxylation is 1. The summed E-state index contributed by atoms with van der Waals surface area (Å²) in [5.74, 6) is 0.923. The van der Waals surface area contributed by atoms with Crippen molar-refractivity contribution in [2.75, 3.05) is 10.6 Å². The Balaban J connectivity index is 1.99. The Bertz CT molecular complexity index is 569. The SMILES string of the molecule is CC(C)Nc1ccc(CC(C)(C)Nc2cnn(C)c2)cn1. The van der Waals surface area contributed by atoms with Crippen LogP contribution < -0.4 is 10.6 Å². The van der Waals surface area contributed by atoms with Gasteiger partial charge in [-0.1, -0.05) is 6.07 Å². The monoisotopic (exact) mass is 287 g/mol. The van der Waals surface area contributed by atoms with Crippen molar-refractivity contribution < 1.29 is 0 Å². The highest BCUT2D eigenvalue weighted by atomic mass is 15.3. The fourth-order valence-corrected chi connectivity index (χ4v) is 2.34. The molecule has 21 heavy (non-hydrogen) atoms. The number of nitrogens with zero attached hydrogens (tertiary/aromatic N) is 3. The van der Waals surface area contributed by atoms with Crippen LogP contribution in [0.4, 0.5) is 11.5 Å². The number of hydrogen-bond acceptors (Lipinski definition) is 4. The van der Waals surface area contributed by atoms with Crippen LogP contribution in [0.2, 0.25) is 0 Å². The maximum Gasteiger partial charge on any atom is 0.126 e. The Morgan fingerprint density at radius 1 is 1.24 bits per heavy atom. The summed E-state index contributed by atoms with van der Waals surface area (Å²) in [7, 11) is 1.92. The van der Waals surface area contributed by atoms with Crippen LogP contribution >= 0.6 is 0 Å². The molecule has 0 atom stereocenters. The molecule has 0 saturated heterocycles. The van der Waals surface area contributed by atoms with E-state index in [-0.39, 0.29) is 5.54 Å². The van der Waals surface area contributed by atoms with Gasteiger partial charge in [0.15, 0.2) is 0 Å². The molecule has 0 aliphatic heterocycles. The van der Waals surface area contributed by atoms with Crippen molar-refractivity contribution in [3.05, 3.63) is 36.3 Å². The van der Waals surface area contributed by atoms with Gasteiger partial charge in [-0.2, -0.15) is 5.10 Å². The summed E-state index contributed by atoms with van der Waals surface area (Å²) < 4.78 is 1.80. The van der Waals surface area contributed by atoms with E-state index < -0.39 is 0 Å². The molecule has 114 valence electrons. The average molecular weight is 287 g/mol. The summed E-state index contributed by atoms with van der Waals surface area (Å²) in [6.07, 6.45) is 6.67. The van der Waals surface area contributed by atoms with Crippen molar-refractivity contribution >= 4 is 11.5 Å². The number of rotatable bonds is 6. The molecule has 2 rings (SSSR count). The molecule has 2 aromatic rings. The Morgan fingerprint density at radius 2 is 2.00 bits per heavy atom. The lowest BCUT2D eigenvalue weighted by Crippen LogP contribution is -2.33. The first-order valence-corrected chi connectivity index (χ1v) is 7.32. The molecule has 0 radical (unpaired) electrons. The van der Waals surface area contributed by atoms with E-state index >= 15 is 0 Å². The lowest BCUT2D eigenvalue weighted by atomic mass is 9.95. The van der Waals surface area contributed by atoms with Gasteiger partial charge in [0.2, 0.25) is 0 Å². The lowest BCUT2D eigenvalue weighted by molar-refractivity contribution is 0.563. The van der Waals surface area contributed by atoms with Crippen LogP contribution in [-0.4, -0.2) is 26.3 Å². The van der Waals surface area contributed by atoms with Crippen LogP contribution in [0.5, 0.6) is 0 Å². The normalized spacial score (nSPS) is 11.7. The molecule has 0 aliphatic rings. The number of anilines is 2. The smallest absolute Gasteiger partial charge is 0.126 e. The fraction of sp³-hybridized carbons (Fsp3) is 0.500. The fourth-order valence-electron chi connectivity index (χ4n) is 2.34. The molecule has 0 saturated carbocycles. The lowest BCUT2D eigenvalue weighted by Gasteiger charge is -2.26. The van der Waals surface area contributed by atoms with Gasteiger partial charge in [0.05, 0.1) is 11.9 Å². The first kappa shape index (κ1) is 15.4. The van der Waals surface area contributed by atoms with Gasteiger partial charge in [-0.3, -0.25) is 4.68 Å². The van der Waals surface area contributed by atoms with Crippen molar-refractivity contribution in [2.45, 2.75) is 45.7 Å². The Kier molecular flexibility index (Phi) is 4.50. The minimum absolute atomic E-state index is 0.0578. The third-order valence-corrected chi connectivity index (χ3v) is 3.09. The summed E-state index contributed by atoms with van der Waals surface area (Å²) >= 11 is 0. The molecule has 0 aliphatic carbocycles. The van der Waals surface area contributed by atoms with E-state index in [2.05, 4.69) is 54.5 Å². The molecular formula is C16H25N5. The summed E-state index contributed by atoms with van der Waals surface area (Å²) in [5, 5.41) is 11.0. The first-order chi connectivity index (χ1) is 9.84. The molecule has 0 spiro atoms. The third kappa shape index (κ3) is 4.77. The first-order valence-electron chi connectivity index (χ1n) is 7.32. The Morgan fingerprint density at radius 3 is 2.52 bits per heavy atom. The molecule has 5 heteroatoms.